The van der Waals surface area contributed by atoms with E-state index in [1.165, 1.54) is 0 Å². The van der Waals surface area contributed by atoms with Gasteiger partial charge < -0.3 is 10.2 Å². The maximum Gasteiger partial charge on any atom is 0.227 e. The van der Waals surface area contributed by atoms with Gasteiger partial charge in [0.15, 0.2) is 0 Å². The fourth-order valence-electron chi connectivity index (χ4n) is 1.05. The number of hydrogen-bond acceptors (Lipinski definition) is 3. The molecule has 0 aliphatic carbocycles. The second-order valence-electron chi connectivity index (χ2n) is 9.08. The first-order valence-corrected chi connectivity index (χ1v) is 8.23. The standard InChI is InChI=1S/C7H15NO.C6H13NO.C6H12O/c1-7(2,3)6(9)8(4)5;1-6(2,3)5(8)7-4;1-5(7)6(2,3)4/h1-5H3;1-4H3,(H,7,8);1-4H3. The molecule has 0 aliphatic rings. The molecule has 0 fully saturated rings. The third kappa shape index (κ3) is 15.5. The maximum atomic E-state index is 11.1. The van der Waals surface area contributed by atoms with Gasteiger partial charge in [0.25, 0.3) is 0 Å². The molecule has 5 nitrogen and oxygen atoms in total. The minimum Gasteiger partial charge on any atom is -0.359 e. The zero-order chi connectivity index (χ0) is 20.5. The van der Waals surface area contributed by atoms with Crippen molar-refractivity contribution in [3.63, 3.8) is 0 Å². The third-order valence-electron chi connectivity index (χ3n) is 3.01. The number of carbonyl (C=O) groups excluding carboxylic acids is 3. The first-order chi connectivity index (χ1) is 10.3. The zero-order valence-electron chi connectivity index (χ0n) is 18.2. The molecular formula is C19H40N2O3. The van der Waals surface area contributed by atoms with E-state index in [0.29, 0.717) is 0 Å². The second-order valence-corrected chi connectivity index (χ2v) is 9.08. The lowest BCUT2D eigenvalue weighted by molar-refractivity contribution is -0.136. The van der Waals surface area contributed by atoms with Crippen molar-refractivity contribution in [1.82, 2.24) is 10.2 Å². The Kier molecular flexibility index (Phi) is 12.0. The molecule has 0 bridgehead atoms. The largest absolute Gasteiger partial charge is 0.359 e. The summed E-state index contributed by atoms with van der Waals surface area (Å²) in [6.45, 7) is 18.7. The summed E-state index contributed by atoms with van der Waals surface area (Å²) in [5.74, 6) is 0.493. The number of rotatable bonds is 0. The van der Waals surface area contributed by atoms with Gasteiger partial charge in [-0.25, -0.2) is 0 Å². The smallest absolute Gasteiger partial charge is 0.227 e. The fourth-order valence-corrected chi connectivity index (χ4v) is 1.05. The Bertz CT molecular complexity index is 406. The van der Waals surface area contributed by atoms with E-state index in [1.807, 2.05) is 62.3 Å². The Morgan fingerprint density at radius 2 is 1.00 bits per heavy atom. The summed E-state index contributed by atoms with van der Waals surface area (Å²) in [5, 5.41) is 2.57. The van der Waals surface area contributed by atoms with Crippen molar-refractivity contribution in [2.75, 3.05) is 21.1 Å². The summed E-state index contributed by atoms with van der Waals surface area (Å²) < 4.78 is 0. The van der Waals surface area contributed by atoms with Crippen LogP contribution in [0.3, 0.4) is 0 Å². The normalized spacial score (nSPS) is 11.2. The molecule has 0 aromatic rings. The summed E-state index contributed by atoms with van der Waals surface area (Å²) in [7, 11) is 5.19. The highest BCUT2D eigenvalue weighted by Gasteiger charge is 2.22. The minimum absolute atomic E-state index is 0.0810. The Hall–Kier alpha value is -1.39. The Balaban J connectivity index is -0.000000278. The lowest BCUT2D eigenvalue weighted by atomic mass is 9.92. The SMILES string of the molecule is CC(=O)C(C)(C)C.CN(C)C(=O)C(C)(C)C.CNC(=O)C(C)(C)C. The van der Waals surface area contributed by atoms with E-state index in [1.54, 1.807) is 33.0 Å². The summed E-state index contributed by atoms with van der Waals surface area (Å²) in [6.07, 6.45) is 0. The van der Waals surface area contributed by atoms with Crippen LogP contribution in [-0.2, 0) is 14.4 Å². The highest BCUT2D eigenvalue weighted by molar-refractivity contribution is 5.81. The maximum absolute atomic E-state index is 11.1. The van der Waals surface area contributed by atoms with Gasteiger partial charge in [0.1, 0.15) is 5.78 Å². The van der Waals surface area contributed by atoms with E-state index >= 15 is 0 Å². The molecule has 0 atom stereocenters. The van der Waals surface area contributed by atoms with E-state index in [2.05, 4.69) is 5.32 Å². The highest BCUT2D eigenvalue weighted by atomic mass is 16.2. The van der Waals surface area contributed by atoms with Gasteiger partial charge in [0.2, 0.25) is 11.8 Å². The van der Waals surface area contributed by atoms with Gasteiger partial charge in [-0.15, -0.1) is 0 Å². The van der Waals surface area contributed by atoms with Crippen LogP contribution in [0, 0.1) is 16.2 Å². The van der Waals surface area contributed by atoms with E-state index in [0.717, 1.165) is 0 Å². The monoisotopic (exact) mass is 344 g/mol. The Morgan fingerprint density at radius 1 is 0.708 bits per heavy atom. The van der Waals surface area contributed by atoms with E-state index < -0.39 is 0 Å². The molecule has 0 saturated carbocycles. The van der Waals surface area contributed by atoms with Crippen LogP contribution >= 0.6 is 0 Å². The molecular weight excluding hydrogens is 304 g/mol. The first kappa shape index (κ1) is 27.5. The van der Waals surface area contributed by atoms with E-state index in [-0.39, 0.29) is 33.8 Å². The number of hydrogen-bond donors (Lipinski definition) is 1. The average Bonchev–Trinajstić information content (AvgIpc) is 2.34. The number of carbonyl (C=O) groups is 3. The van der Waals surface area contributed by atoms with E-state index in [4.69, 9.17) is 0 Å². The minimum atomic E-state index is -0.241. The van der Waals surface area contributed by atoms with Crippen LogP contribution in [0.25, 0.3) is 0 Å². The van der Waals surface area contributed by atoms with Crippen LogP contribution in [0.15, 0.2) is 0 Å². The summed E-state index contributed by atoms with van der Waals surface area (Å²) in [5.41, 5.74) is -0.613. The summed E-state index contributed by atoms with van der Waals surface area (Å²) >= 11 is 0. The second kappa shape index (κ2) is 10.5. The molecule has 2 amide bonds. The number of amides is 2. The quantitative estimate of drug-likeness (QED) is 0.731. The molecule has 0 rings (SSSR count). The van der Waals surface area contributed by atoms with Crippen LogP contribution in [-0.4, -0.2) is 43.6 Å². The molecule has 0 spiro atoms. The van der Waals surface area contributed by atoms with Gasteiger partial charge >= 0.3 is 0 Å². The number of nitrogens with zero attached hydrogens (tertiary/aromatic N) is 1. The molecule has 24 heavy (non-hydrogen) atoms. The van der Waals surface area contributed by atoms with Gasteiger partial charge in [-0.1, -0.05) is 62.3 Å². The molecule has 0 aliphatic heterocycles. The molecule has 0 aromatic heterocycles. The van der Waals surface area contributed by atoms with Crippen molar-refractivity contribution in [3.05, 3.63) is 0 Å². The van der Waals surface area contributed by atoms with Crippen LogP contribution in [0.2, 0.25) is 0 Å². The lowest BCUT2D eigenvalue weighted by Gasteiger charge is -2.21. The number of Topliss-reactive ketones (excluding diaryl/α,β-unsaturated/α-hetero) is 1. The van der Waals surface area contributed by atoms with Crippen molar-refractivity contribution in [2.24, 2.45) is 16.2 Å². The first-order valence-electron chi connectivity index (χ1n) is 8.23. The van der Waals surface area contributed by atoms with Gasteiger partial charge in [-0.2, -0.15) is 0 Å². The molecule has 0 heterocycles. The van der Waals surface area contributed by atoms with Crippen molar-refractivity contribution < 1.29 is 14.4 Å². The third-order valence-corrected chi connectivity index (χ3v) is 3.01. The fraction of sp³-hybridized carbons (Fsp3) is 0.842. The molecule has 144 valence electrons. The van der Waals surface area contributed by atoms with Crippen molar-refractivity contribution in [3.8, 4) is 0 Å². The predicted molar refractivity (Wildman–Crippen MR) is 102 cm³/mol. The molecule has 0 saturated heterocycles. The highest BCUT2D eigenvalue weighted by Crippen LogP contribution is 2.15. The van der Waals surface area contributed by atoms with Gasteiger partial charge in [-0.05, 0) is 6.92 Å². The van der Waals surface area contributed by atoms with E-state index in [9.17, 15) is 14.4 Å². The van der Waals surface area contributed by atoms with Crippen molar-refractivity contribution >= 4 is 17.6 Å². The van der Waals surface area contributed by atoms with Gasteiger partial charge in [0.05, 0.1) is 0 Å². The number of nitrogens with one attached hydrogen (secondary N) is 1. The van der Waals surface area contributed by atoms with Crippen LogP contribution < -0.4 is 5.32 Å². The van der Waals surface area contributed by atoms with Gasteiger partial charge in [-0.3, -0.25) is 14.4 Å². The molecule has 0 unspecified atom stereocenters. The van der Waals surface area contributed by atoms with Crippen LogP contribution in [0.5, 0.6) is 0 Å². The molecule has 0 radical (unpaired) electrons. The van der Waals surface area contributed by atoms with Gasteiger partial charge in [0, 0.05) is 37.4 Å². The van der Waals surface area contributed by atoms with Crippen LogP contribution in [0.4, 0.5) is 0 Å². The summed E-state index contributed by atoms with van der Waals surface area (Å²) in [6, 6.07) is 0. The Labute approximate surface area is 149 Å². The van der Waals surface area contributed by atoms with Crippen molar-refractivity contribution in [1.29, 1.82) is 0 Å². The summed E-state index contributed by atoms with van der Waals surface area (Å²) in [4.78, 5) is 33.9. The average molecular weight is 345 g/mol. The molecule has 0 aromatic carbocycles. The zero-order valence-corrected chi connectivity index (χ0v) is 18.2. The predicted octanol–water partition coefficient (Wildman–Crippen LogP) is 3.52. The van der Waals surface area contributed by atoms with Crippen molar-refractivity contribution in [2.45, 2.75) is 69.2 Å². The topological polar surface area (TPSA) is 66.5 Å². The molecule has 5 heteroatoms. The lowest BCUT2D eigenvalue weighted by Crippen LogP contribution is -2.33. The van der Waals surface area contributed by atoms with Crippen LogP contribution in [0.1, 0.15) is 69.2 Å². The Morgan fingerprint density at radius 3 is 1.00 bits per heavy atom. The number of ketones is 1. The molecule has 1 N–H and O–H groups in total.